The van der Waals surface area contributed by atoms with Gasteiger partial charge < -0.3 is 0 Å². The Morgan fingerprint density at radius 1 is 1.44 bits per heavy atom. The number of allylic oxidation sites excluding steroid dienone is 2. The normalized spacial score (nSPS) is 11.7. The fraction of sp³-hybridized carbons (Fsp3) is 0.214. The standard InChI is InChI=1S/C14H15NO2S/c1-3-11(10-15-4-2)12(16)7-8-13(17)14-6-5-9-18-14/h3-6,9-10H,1,7-8H2,2H3. The quantitative estimate of drug-likeness (QED) is 0.327. The van der Waals surface area contributed by atoms with Crippen molar-refractivity contribution in [2.75, 3.05) is 0 Å². The monoisotopic (exact) mass is 261 g/mol. The van der Waals surface area contributed by atoms with E-state index < -0.39 is 0 Å². The third-order valence-electron chi connectivity index (χ3n) is 2.28. The van der Waals surface area contributed by atoms with E-state index in [1.165, 1.54) is 23.6 Å². The van der Waals surface area contributed by atoms with E-state index in [1.54, 1.807) is 19.2 Å². The molecule has 3 nitrogen and oxygen atoms in total. The van der Waals surface area contributed by atoms with Crippen LogP contribution in [0.25, 0.3) is 0 Å². The Kier molecular flexibility index (Phi) is 5.94. The molecule has 0 spiro atoms. The van der Waals surface area contributed by atoms with E-state index >= 15 is 0 Å². The van der Waals surface area contributed by atoms with Gasteiger partial charge in [-0.15, -0.1) is 11.3 Å². The Morgan fingerprint density at radius 2 is 2.22 bits per heavy atom. The van der Waals surface area contributed by atoms with E-state index in [2.05, 4.69) is 11.6 Å². The van der Waals surface area contributed by atoms with Gasteiger partial charge in [0.25, 0.3) is 0 Å². The fourth-order valence-electron chi connectivity index (χ4n) is 1.33. The molecule has 0 saturated heterocycles. The Bertz CT molecular complexity index is 484. The molecular formula is C14H15NO2S. The first kappa shape index (κ1) is 14.3. The van der Waals surface area contributed by atoms with Crippen molar-refractivity contribution >= 4 is 29.1 Å². The number of carbonyl (C=O) groups excluding carboxylic acids is 2. The number of hydrogen-bond donors (Lipinski definition) is 0. The molecule has 4 heteroatoms. The second kappa shape index (κ2) is 7.50. The number of hydrogen-bond acceptors (Lipinski definition) is 4. The number of carbonyl (C=O) groups is 2. The van der Waals surface area contributed by atoms with Crippen LogP contribution in [-0.4, -0.2) is 17.8 Å². The van der Waals surface area contributed by atoms with Gasteiger partial charge in [0.05, 0.1) is 4.88 Å². The van der Waals surface area contributed by atoms with Gasteiger partial charge in [-0.25, -0.2) is 0 Å². The maximum absolute atomic E-state index is 11.8. The van der Waals surface area contributed by atoms with Crippen LogP contribution in [0.3, 0.4) is 0 Å². The van der Waals surface area contributed by atoms with Crippen molar-refractivity contribution in [3.63, 3.8) is 0 Å². The Hall–Kier alpha value is -1.81. The van der Waals surface area contributed by atoms with E-state index in [4.69, 9.17) is 0 Å². The van der Waals surface area contributed by atoms with Crippen molar-refractivity contribution < 1.29 is 9.59 Å². The molecule has 0 unspecified atom stereocenters. The second-order valence-electron chi connectivity index (χ2n) is 3.52. The summed E-state index contributed by atoms with van der Waals surface area (Å²) in [5.74, 6) is -0.110. The van der Waals surface area contributed by atoms with Gasteiger partial charge in [-0.1, -0.05) is 18.7 Å². The molecule has 0 aliphatic carbocycles. The van der Waals surface area contributed by atoms with Crippen LogP contribution in [0.4, 0.5) is 0 Å². The molecule has 0 radical (unpaired) electrons. The largest absolute Gasteiger partial charge is 0.294 e. The van der Waals surface area contributed by atoms with Crippen molar-refractivity contribution in [3.05, 3.63) is 46.8 Å². The predicted octanol–water partition coefficient (Wildman–Crippen LogP) is 3.44. The zero-order valence-corrected chi connectivity index (χ0v) is 11.1. The van der Waals surface area contributed by atoms with Crippen molar-refractivity contribution in [2.45, 2.75) is 19.8 Å². The number of ketones is 2. The molecule has 0 atom stereocenters. The Morgan fingerprint density at radius 3 is 2.78 bits per heavy atom. The number of aliphatic imine (C=N–C) groups is 1. The molecule has 0 N–H and O–H groups in total. The molecule has 0 aliphatic rings. The summed E-state index contributed by atoms with van der Waals surface area (Å²) in [5, 5.41) is 1.85. The van der Waals surface area contributed by atoms with Crippen LogP contribution < -0.4 is 0 Å². The van der Waals surface area contributed by atoms with E-state index in [1.807, 2.05) is 11.4 Å². The zero-order chi connectivity index (χ0) is 13.4. The van der Waals surface area contributed by atoms with Crippen LogP contribution in [0.5, 0.6) is 0 Å². The second-order valence-corrected chi connectivity index (χ2v) is 4.47. The highest BCUT2D eigenvalue weighted by Crippen LogP contribution is 2.13. The maximum atomic E-state index is 11.8. The summed E-state index contributed by atoms with van der Waals surface area (Å²) in [5.41, 5.74) is 0.437. The van der Waals surface area contributed by atoms with Crippen molar-refractivity contribution in [2.24, 2.45) is 4.99 Å². The van der Waals surface area contributed by atoms with Gasteiger partial charge in [-0.2, -0.15) is 0 Å². The van der Waals surface area contributed by atoms with Crippen LogP contribution >= 0.6 is 11.3 Å². The summed E-state index contributed by atoms with van der Waals surface area (Å²) in [6, 6.07) is 3.59. The van der Waals surface area contributed by atoms with Crippen LogP contribution in [0.15, 0.2) is 46.9 Å². The van der Waals surface area contributed by atoms with Gasteiger partial charge >= 0.3 is 0 Å². The average molecular weight is 261 g/mol. The highest BCUT2D eigenvalue weighted by Gasteiger charge is 2.11. The van der Waals surface area contributed by atoms with E-state index in [0.29, 0.717) is 10.5 Å². The number of rotatable bonds is 7. The van der Waals surface area contributed by atoms with Gasteiger partial charge in [-0.3, -0.25) is 14.6 Å². The highest BCUT2D eigenvalue weighted by molar-refractivity contribution is 7.12. The lowest BCUT2D eigenvalue weighted by Gasteiger charge is -1.99. The average Bonchev–Trinajstić information content (AvgIpc) is 2.90. The topological polar surface area (TPSA) is 46.5 Å². The smallest absolute Gasteiger partial charge is 0.173 e. The molecule has 1 aromatic rings. The molecule has 0 saturated carbocycles. The highest BCUT2D eigenvalue weighted by atomic mass is 32.1. The van der Waals surface area contributed by atoms with Crippen molar-refractivity contribution in [1.82, 2.24) is 0 Å². The van der Waals surface area contributed by atoms with Gasteiger partial charge in [-0.05, 0) is 18.4 Å². The summed E-state index contributed by atoms with van der Waals surface area (Å²) < 4.78 is 0. The van der Waals surface area contributed by atoms with Gasteiger partial charge in [0.15, 0.2) is 11.6 Å². The lowest BCUT2D eigenvalue weighted by Crippen LogP contribution is -2.05. The Labute approximate surface area is 111 Å². The van der Waals surface area contributed by atoms with Gasteiger partial charge in [0.1, 0.15) is 0 Å². The van der Waals surface area contributed by atoms with E-state index in [0.717, 1.165) is 0 Å². The summed E-state index contributed by atoms with van der Waals surface area (Å²) in [7, 11) is 0. The summed E-state index contributed by atoms with van der Waals surface area (Å²) in [6.07, 6.45) is 4.93. The first-order valence-electron chi connectivity index (χ1n) is 5.59. The molecule has 1 rings (SSSR count). The zero-order valence-electron chi connectivity index (χ0n) is 10.3. The lowest BCUT2D eigenvalue weighted by molar-refractivity contribution is -0.115. The molecule has 1 aromatic heterocycles. The van der Waals surface area contributed by atoms with Crippen LogP contribution in [0.2, 0.25) is 0 Å². The third-order valence-corrected chi connectivity index (χ3v) is 3.19. The minimum absolute atomic E-state index is 0.000699. The van der Waals surface area contributed by atoms with Crippen molar-refractivity contribution in [1.29, 1.82) is 0 Å². The minimum Gasteiger partial charge on any atom is -0.294 e. The number of nitrogens with zero attached hydrogens (tertiary/aromatic N) is 1. The maximum Gasteiger partial charge on any atom is 0.173 e. The number of Topliss-reactive ketones (excluding diaryl/α,β-unsaturated/α-hetero) is 2. The Balaban J connectivity index is 2.55. The summed E-state index contributed by atoms with van der Waals surface area (Å²) in [6.45, 7) is 5.33. The van der Waals surface area contributed by atoms with Crippen molar-refractivity contribution in [3.8, 4) is 0 Å². The molecular weight excluding hydrogens is 246 g/mol. The van der Waals surface area contributed by atoms with Gasteiger partial charge in [0.2, 0.25) is 0 Å². The third kappa shape index (κ3) is 4.22. The predicted molar refractivity (Wildman–Crippen MR) is 75.3 cm³/mol. The number of thiophene rings is 1. The summed E-state index contributed by atoms with van der Waals surface area (Å²) >= 11 is 1.39. The first-order valence-corrected chi connectivity index (χ1v) is 6.47. The molecule has 0 bridgehead atoms. The van der Waals surface area contributed by atoms with Crippen LogP contribution in [-0.2, 0) is 4.79 Å². The molecule has 18 heavy (non-hydrogen) atoms. The minimum atomic E-state index is -0.111. The molecule has 0 aromatic carbocycles. The van der Waals surface area contributed by atoms with E-state index in [9.17, 15) is 9.59 Å². The molecule has 1 heterocycles. The molecule has 0 aliphatic heterocycles. The van der Waals surface area contributed by atoms with Crippen LogP contribution in [0.1, 0.15) is 29.4 Å². The van der Waals surface area contributed by atoms with Gasteiger partial charge in [0, 0.05) is 30.8 Å². The molecule has 0 fully saturated rings. The van der Waals surface area contributed by atoms with Crippen LogP contribution in [0, 0.1) is 0 Å². The summed E-state index contributed by atoms with van der Waals surface area (Å²) in [4.78, 5) is 28.1. The van der Waals surface area contributed by atoms with E-state index in [-0.39, 0.29) is 24.4 Å². The lowest BCUT2D eigenvalue weighted by atomic mass is 10.1. The molecule has 94 valence electrons. The first-order chi connectivity index (χ1) is 8.69. The molecule has 0 amide bonds. The fourth-order valence-corrected chi connectivity index (χ4v) is 2.02. The SMILES string of the molecule is C=CC(=CN=CC)C(=O)CCC(=O)c1cccs1.